The van der Waals surface area contributed by atoms with Crippen molar-refractivity contribution in [1.29, 1.82) is 0 Å². The number of likely N-dealkylation sites (tertiary alicyclic amines) is 1. The molecule has 7 nitrogen and oxygen atoms in total. The second-order valence-electron chi connectivity index (χ2n) is 4.12. The highest BCUT2D eigenvalue weighted by Gasteiger charge is 2.34. The molecule has 0 unspecified atom stereocenters. The first-order valence-corrected chi connectivity index (χ1v) is 6.95. The normalized spacial score (nSPS) is 22.3. The molecule has 0 spiro atoms. The van der Waals surface area contributed by atoms with Crippen LogP contribution in [0.4, 0.5) is 0 Å². The summed E-state index contributed by atoms with van der Waals surface area (Å²) < 4.78 is 26.0. The van der Waals surface area contributed by atoms with Crippen LogP contribution in [0, 0.1) is 0 Å². The predicted octanol–water partition coefficient (Wildman–Crippen LogP) is -0.248. The number of piperidine rings is 1. The number of amides is 1. The van der Waals surface area contributed by atoms with E-state index in [0.717, 1.165) is 25.3 Å². The summed E-state index contributed by atoms with van der Waals surface area (Å²) in [4.78, 5) is 23.3. The molecule has 2 heterocycles. The van der Waals surface area contributed by atoms with Crippen molar-refractivity contribution in [3.8, 4) is 0 Å². The van der Waals surface area contributed by atoms with Crippen molar-refractivity contribution in [2.45, 2.75) is 19.3 Å². The summed E-state index contributed by atoms with van der Waals surface area (Å²) in [6.45, 7) is 1.10. The molecule has 1 N–H and O–H groups in total. The summed E-state index contributed by atoms with van der Waals surface area (Å²) in [5.41, 5.74) is -0.311. The van der Waals surface area contributed by atoms with Crippen molar-refractivity contribution in [3.05, 3.63) is 11.0 Å². The van der Waals surface area contributed by atoms with Gasteiger partial charge in [0.05, 0.1) is 0 Å². The van der Waals surface area contributed by atoms with Gasteiger partial charge in [-0.15, -0.1) is 0 Å². The van der Waals surface area contributed by atoms with Crippen molar-refractivity contribution in [3.63, 3.8) is 0 Å². The Morgan fingerprint density at radius 2 is 1.83 bits per heavy atom. The van der Waals surface area contributed by atoms with E-state index in [9.17, 15) is 18.0 Å². The van der Waals surface area contributed by atoms with Gasteiger partial charge in [0.15, 0.2) is 4.91 Å². The second-order valence-corrected chi connectivity index (χ2v) is 5.69. The van der Waals surface area contributed by atoms with Crippen LogP contribution < -0.4 is 0 Å². The lowest BCUT2D eigenvalue weighted by molar-refractivity contribution is -0.131. The van der Waals surface area contributed by atoms with Gasteiger partial charge >= 0.3 is 5.97 Å². The van der Waals surface area contributed by atoms with Gasteiger partial charge < -0.3 is 10.0 Å². The quantitative estimate of drug-likeness (QED) is 0.746. The van der Waals surface area contributed by atoms with Crippen molar-refractivity contribution in [1.82, 2.24) is 4.90 Å². The van der Waals surface area contributed by atoms with E-state index in [0.29, 0.717) is 13.1 Å². The maximum atomic E-state index is 11.9. The van der Waals surface area contributed by atoms with E-state index < -0.39 is 26.8 Å². The first-order chi connectivity index (χ1) is 8.42. The third-order valence-corrected chi connectivity index (χ3v) is 4.12. The summed E-state index contributed by atoms with van der Waals surface area (Å²) >= 11 is 0. The average Bonchev–Trinajstić information content (AvgIpc) is 2.65. The van der Waals surface area contributed by atoms with Crippen LogP contribution in [0.25, 0.3) is 0 Å². The number of nitrogens with zero attached hydrogens (tertiary/aromatic N) is 2. The smallest absolute Gasteiger partial charge is 0.349 e. The maximum absolute atomic E-state index is 11.9. The summed E-state index contributed by atoms with van der Waals surface area (Å²) in [6, 6.07) is 0. The lowest BCUT2D eigenvalue weighted by atomic mass is 10.1. The molecule has 0 aromatic carbocycles. The molecule has 1 saturated heterocycles. The van der Waals surface area contributed by atoms with Gasteiger partial charge in [-0.1, -0.05) is 0 Å². The maximum Gasteiger partial charge on any atom is 0.349 e. The van der Waals surface area contributed by atoms with Gasteiger partial charge in [0.2, 0.25) is 0 Å². The van der Waals surface area contributed by atoms with E-state index in [2.05, 4.69) is 4.40 Å². The fourth-order valence-corrected chi connectivity index (χ4v) is 2.90. The fourth-order valence-electron chi connectivity index (χ4n) is 1.94. The molecule has 0 aromatic heterocycles. The minimum atomic E-state index is -4.22. The highest BCUT2D eigenvalue weighted by molar-refractivity contribution is 7.95. The van der Waals surface area contributed by atoms with Gasteiger partial charge in [-0.25, -0.2) is 4.79 Å². The van der Waals surface area contributed by atoms with Crippen LogP contribution in [0.3, 0.4) is 0 Å². The molecule has 2 rings (SSSR count). The molecule has 0 radical (unpaired) electrons. The van der Waals surface area contributed by atoms with Crippen LogP contribution >= 0.6 is 0 Å². The zero-order chi connectivity index (χ0) is 13.3. The fraction of sp³-hybridized carbons (Fsp3) is 0.500. The molecule has 0 saturated carbocycles. The monoisotopic (exact) mass is 272 g/mol. The third-order valence-electron chi connectivity index (χ3n) is 2.84. The van der Waals surface area contributed by atoms with Crippen LogP contribution in [-0.4, -0.2) is 49.1 Å². The van der Waals surface area contributed by atoms with E-state index in [-0.39, 0.29) is 5.71 Å². The lowest BCUT2D eigenvalue weighted by Crippen LogP contribution is -2.39. The van der Waals surface area contributed by atoms with Gasteiger partial charge in [-0.3, -0.25) is 4.79 Å². The number of rotatable bonds is 2. The molecule has 0 bridgehead atoms. The van der Waals surface area contributed by atoms with E-state index in [4.69, 9.17) is 5.11 Å². The molecule has 8 heteroatoms. The molecule has 0 aromatic rings. The average molecular weight is 272 g/mol. The molecule has 1 fully saturated rings. The van der Waals surface area contributed by atoms with Gasteiger partial charge in [0.25, 0.3) is 15.9 Å². The van der Waals surface area contributed by atoms with Crippen molar-refractivity contribution < 1.29 is 23.1 Å². The molecule has 0 aliphatic carbocycles. The number of hydrogen-bond acceptors (Lipinski definition) is 4. The van der Waals surface area contributed by atoms with Crippen molar-refractivity contribution in [2.24, 2.45) is 4.40 Å². The Labute approximate surface area is 104 Å². The number of hydrogen-bond donors (Lipinski definition) is 1. The summed E-state index contributed by atoms with van der Waals surface area (Å²) in [5, 5.41) is 8.71. The largest absolute Gasteiger partial charge is 0.477 e. The minimum Gasteiger partial charge on any atom is -0.477 e. The molecule has 98 valence electrons. The second kappa shape index (κ2) is 4.52. The van der Waals surface area contributed by atoms with Crippen LogP contribution in [0.15, 0.2) is 15.4 Å². The Morgan fingerprint density at radius 3 is 2.33 bits per heavy atom. The van der Waals surface area contributed by atoms with Gasteiger partial charge in [-0.05, 0) is 25.3 Å². The number of carbonyl (C=O) groups excluding carboxylic acids is 1. The molecular weight excluding hydrogens is 260 g/mol. The number of carboxylic acids is 1. The Hall–Kier alpha value is -1.70. The van der Waals surface area contributed by atoms with Crippen molar-refractivity contribution in [2.75, 3.05) is 13.1 Å². The first kappa shape index (κ1) is 12.7. The summed E-state index contributed by atoms with van der Waals surface area (Å²) in [5.74, 6) is -2.12. The van der Waals surface area contributed by atoms with Gasteiger partial charge in [0.1, 0.15) is 5.71 Å². The Kier molecular flexibility index (Phi) is 3.20. The standard InChI is InChI=1S/C10H12N2O5S/c13-9(12-4-2-1-3-5-12)7-6-8(10(14)15)18(16,17)11-7/h6H,1-5H2,(H,14,15). The Balaban J connectivity index is 2.25. The van der Waals surface area contributed by atoms with E-state index in [1.807, 2.05) is 0 Å². The van der Waals surface area contributed by atoms with E-state index in [1.54, 1.807) is 0 Å². The Morgan fingerprint density at radius 1 is 1.22 bits per heavy atom. The topological polar surface area (TPSA) is 104 Å². The first-order valence-electron chi connectivity index (χ1n) is 5.51. The van der Waals surface area contributed by atoms with E-state index >= 15 is 0 Å². The molecular formula is C10H12N2O5S. The Bertz CT molecular complexity index is 555. The molecule has 2 aliphatic rings. The summed E-state index contributed by atoms with van der Waals surface area (Å²) in [6.07, 6.45) is 3.59. The van der Waals surface area contributed by atoms with Crippen LogP contribution in [0.1, 0.15) is 19.3 Å². The van der Waals surface area contributed by atoms with Crippen molar-refractivity contribution >= 4 is 27.6 Å². The predicted molar refractivity (Wildman–Crippen MR) is 62.5 cm³/mol. The summed E-state index contributed by atoms with van der Waals surface area (Å²) in [7, 11) is -4.22. The van der Waals surface area contributed by atoms with Gasteiger partial charge in [0, 0.05) is 13.1 Å². The number of carbonyl (C=O) groups is 2. The number of aliphatic carboxylic acids is 1. The number of carboxylic acid groups (broad SMARTS) is 1. The van der Waals surface area contributed by atoms with Crippen LogP contribution in [0.2, 0.25) is 0 Å². The molecule has 18 heavy (non-hydrogen) atoms. The lowest BCUT2D eigenvalue weighted by Gasteiger charge is -2.26. The van der Waals surface area contributed by atoms with Crippen LogP contribution in [0.5, 0.6) is 0 Å². The zero-order valence-corrected chi connectivity index (χ0v) is 10.3. The number of sulfonamides is 1. The SMILES string of the molecule is O=C(O)C1=CC(C(=O)N2CCCCC2)=NS1(=O)=O. The minimum absolute atomic E-state index is 0.311. The van der Waals surface area contributed by atoms with Crippen LogP contribution in [-0.2, 0) is 19.6 Å². The van der Waals surface area contributed by atoms with E-state index in [1.165, 1.54) is 4.90 Å². The third kappa shape index (κ3) is 2.28. The molecule has 0 atom stereocenters. The highest BCUT2D eigenvalue weighted by Crippen LogP contribution is 2.19. The highest BCUT2D eigenvalue weighted by atomic mass is 32.2. The molecule has 2 aliphatic heterocycles. The molecule has 1 amide bonds. The zero-order valence-electron chi connectivity index (χ0n) is 9.50. The van der Waals surface area contributed by atoms with Gasteiger partial charge in [-0.2, -0.15) is 12.8 Å².